The van der Waals surface area contributed by atoms with E-state index < -0.39 is 0 Å². The highest BCUT2D eigenvalue weighted by atomic mass is 32.2. The predicted molar refractivity (Wildman–Crippen MR) is 83.3 cm³/mol. The maximum atomic E-state index is 5.97. The summed E-state index contributed by atoms with van der Waals surface area (Å²) in [6.07, 6.45) is 1.76. The molecular weight excluding hydrogens is 268 g/mol. The summed E-state index contributed by atoms with van der Waals surface area (Å²) in [7, 11) is 1.67. The Morgan fingerprint density at radius 3 is 2.60 bits per heavy atom. The lowest BCUT2D eigenvalue weighted by molar-refractivity contribution is 0.414. The molecule has 2 N–H and O–H groups in total. The Morgan fingerprint density at radius 1 is 1.05 bits per heavy atom. The smallest absolute Gasteiger partial charge is 0.118 e. The number of aromatic nitrogens is 1. The van der Waals surface area contributed by atoms with Crippen LogP contribution in [0.1, 0.15) is 0 Å². The third kappa shape index (κ3) is 2.42. The van der Waals surface area contributed by atoms with Crippen LogP contribution in [-0.2, 0) is 0 Å². The molecule has 1 heterocycles. The third-order valence-electron chi connectivity index (χ3n) is 3.05. The van der Waals surface area contributed by atoms with Crippen molar-refractivity contribution in [2.75, 3.05) is 12.8 Å². The standard InChI is InChI=1S/C16H14N2OS/c1-19-11-4-6-12(7-5-11)20-15-9-8-14(17)16-13(15)3-2-10-18-16/h2-10H,17H2,1H3. The molecule has 0 radical (unpaired) electrons. The number of nitrogens with two attached hydrogens (primary N) is 1. The highest BCUT2D eigenvalue weighted by Crippen LogP contribution is 2.35. The Kier molecular flexibility index (Phi) is 3.48. The van der Waals surface area contributed by atoms with Gasteiger partial charge in [-0.05, 0) is 42.5 Å². The molecule has 0 unspecified atom stereocenters. The summed E-state index contributed by atoms with van der Waals surface area (Å²) in [5.41, 5.74) is 7.53. The Bertz CT molecular complexity index is 741. The number of ether oxygens (including phenoxy) is 1. The fourth-order valence-corrected chi connectivity index (χ4v) is 2.96. The zero-order chi connectivity index (χ0) is 13.9. The fraction of sp³-hybridized carbons (Fsp3) is 0.0625. The summed E-state index contributed by atoms with van der Waals surface area (Å²) in [6.45, 7) is 0. The molecule has 0 saturated heterocycles. The minimum atomic E-state index is 0.708. The van der Waals surface area contributed by atoms with Crippen LogP contribution in [0, 0.1) is 0 Å². The SMILES string of the molecule is COc1ccc(Sc2ccc(N)c3ncccc23)cc1. The van der Waals surface area contributed by atoms with Crippen LogP contribution in [0.3, 0.4) is 0 Å². The van der Waals surface area contributed by atoms with Crippen molar-refractivity contribution in [3.8, 4) is 5.75 Å². The fourth-order valence-electron chi connectivity index (χ4n) is 2.03. The van der Waals surface area contributed by atoms with Gasteiger partial charge in [0.15, 0.2) is 0 Å². The number of rotatable bonds is 3. The van der Waals surface area contributed by atoms with E-state index in [1.807, 2.05) is 48.5 Å². The molecule has 2 aromatic carbocycles. The van der Waals surface area contributed by atoms with Crippen molar-refractivity contribution in [2.24, 2.45) is 0 Å². The summed E-state index contributed by atoms with van der Waals surface area (Å²) >= 11 is 1.69. The van der Waals surface area contributed by atoms with E-state index in [0.29, 0.717) is 5.69 Å². The first kappa shape index (κ1) is 12.8. The molecule has 0 amide bonds. The molecule has 0 aliphatic rings. The number of anilines is 1. The zero-order valence-electron chi connectivity index (χ0n) is 11.0. The largest absolute Gasteiger partial charge is 0.497 e. The van der Waals surface area contributed by atoms with E-state index in [0.717, 1.165) is 26.4 Å². The molecule has 20 heavy (non-hydrogen) atoms. The number of fused-ring (bicyclic) bond motifs is 1. The molecule has 0 atom stereocenters. The number of benzene rings is 2. The molecule has 0 bridgehead atoms. The van der Waals surface area contributed by atoms with E-state index in [-0.39, 0.29) is 0 Å². The Labute approximate surface area is 121 Å². The molecule has 0 spiro atoms. The second-order valence-electron chi connectivity index (χ2n) is 4.33. The third-order valence-corrected chi connectivity index (χ3v) is 4.13. The lowest BCUT2D eigenvalue weighted by atomic mass is 10.2. The summed E-state index contributed by atoms with van der Waals surface area (Å²) in [5.74, 6) is 0.859. The molecule has 3 aromatic rings. The molecule has 1 aromatic heterocycles. The van der Waals surface area contributed by atoms with Crippen LogP contribution in [-0.4, -0.2) is 12.1 Å². The van der Waals surface area contributed by atoms with Crippen molar-refractivity contribution in [3.05, 3.63) is 54.7 Å². The average Bonchev–Trinajstić information content (AvgIpc) is 2.51. The first-order valence-corrected chi connectivity index (χ1v) is 7.04. The van der Waals surface area contributed by atoms with Crippen LogP contribution in [0.2, 0.25) is 0 Å². The van der Waals surface area contributed by atoms with Crippen molar-refractivity contribution in [2.45, 2.75) is 9.79 Å². The van der Waals surface area contributed by atoms with E-state index >= 15 is 0 Å². The zero-order valence-corrected chi connectivity index (χ0v) is 11.9. The number of nitrogen functional groups attached to an aromatic ring is 1. The first-order chi connectivity index (χ1) is 9.78. The molecule has 3 rings (SSSR count). The number of hydrogen-bond donors (Lipinski definition) is 1. The number of pyridine rings is 1. The van der Waals surface area contributed by atoms with Crippen molar-refractivity contribution >= 4 is 28.4 Å². The first-order valence-electron chi connectivity index (χ1n) is 6.23. The molecule has 0 aliphatic heterocycles. The van der Waals surface area contributed by atoms with Gasteiger partial charge in [0.2, 0.25) is 0 Å². The predicted octanol–water partition coefficient (Wildman–Crippen LogP) is 3.98. The quantitative estimate of drug-likeness (QED) is 0.738. The van der Waals surface area contributed by atoms with Gasteiger partial charge in [0.05, 0.1) is 18.3 Å². The minimum absolute atomic E-state index is 0.708. The molecule has 0 fully saturated rings. The lowest BCUT2D eigenvalue weighted by Gasteiger charge is -2.08. The molecular formula is C16H14N2OS. The van der Waals surface area contributed by atoms with Gasteiger partial charge in [-0.3, -0.25) is 4.98 Å². The molecule has 3 nitrogen and oxygen atoms in total. The molecule has 0 saturated carbocycles. The molecule has 0 aliphatic carbocycles. The van der Waals surface area contributed by atoms with Gasteiger partial charge in [-0.2, -0.15) is 0 Å². The van der Waals surface area contributed by atoms with Crippen LogP contribution in [0.15, 0.2) is 64.5 Å². The molecule has 4 heteroatoms. The summed E-state index contributed by atoms with van der Waals surface area (Å²) < 4.78 is 5.17. The number of hydrogen-bond acceptors (Lipinski definition) is 4. The monoisotopic (exact) mass is 282 g/mol. The van der Waals surface area contributed by atoms with Gasteiger partial charge < -0.3 is 10.5 Å². The Morgan fingerprint density at radius 2 is 1.85 bits per heavy atom. The van der Waals surface area contributed by atoms with Crippen molar-refractivity contribution < 1.29 is 4.74 Å². The van der Waals surface area contributed by atoms with Gasteiger partial charge in [0, 0.05) is 21.4 Å². The maximum Gasteiger partial charge on any atom is 0.118 e. The van der Waals surface area contributed by atoms with Gasteiger partial charge in [-0.1, -0.05) is 17.8 Å². The van der Waals surface area contributed by atoms with Gasteiger partial charge in [-0.15, -0.1) is 0 Å². The van der Waals surface area contributed by atoms with E-state index in [1.165, 1.54) is 0 Å². The second-order valence-corrected chi connectivity index (χ2v) is 5.45. The van der Waals surface area contributed by atoms with E-state index in [9.17, 15) is 0 Å². The minimum Gasteiger partial charge on any atom is -0.497 e. The Hall–Kier alpha value is -2.20. The lowest BCUT2D eigenvalue weighted by Crippen LogP contribution is -1.90. The maximum absolute atomic E-state index is 5.97. The summed E-state index contributed by atoms with van der Waals surface area (Å²) in [5, 5.41) is 1.08. The average molecular weight is 282 g/mol. The van der Waals surface area contributed by atoms with E-state index in [2.05, 4.69) is 4.98 Å². The highest BCUT2D eigenvalue weighted by molar-refractivity contribution is 7.99. The van der Waals surface area contributed by atoms with E-state index in [4.69, 9.17) is 10.5 Å². The topological polar surface area (TPSA) is 48.1 Å². The second kappa shape index (κ2) is 5.43. The van der Waals surface area contributed by atoms with Gasteiger partial charge in [-0.25, -0.2) is 0 Å². The van der Waals surface area contributed by atoms with Gasteiger partial charge in [0.25, 0.3) is 0 Å². The van der Waals surface area contributed by atoms with Crippen molar-refractivity contribution in [1.82, 2.24) is 4.98 Å². The van der Waals surface area contributed by atoms with Crippen LogP contribution >= 0.6 is 11.8 Å². The Balaban J connectivity index is 2.00. The van der Waals surface area contributed by atoms with Gasteiger partial charge in [0.1, 0.15) is 5.75 Å². The summed E-state index contributed by atoms with van der Waals surface area (Å²) in [6, 6.07) is 15.9. The van der Waals surface area contributed by atoms with Crippen molar-refractivity contribution in [3.63, 3.8) is 0 Å². The highest BCUT2D eigenvalue weighted by Gasteiger charge is 2.06. The number of methoxy groups -OCH3 is 1. The number of nitrogens with zero attached hydrogens (tertiary/aromatic N) is 1. The van der Waals surface area contributed by atoms with Gasteiger partial charge >= 0.3 is 0 Å². The molecule has 100 valence electrons. The van der Waals surface area contributed by atoms with Crippen LogP contribution in [0.5, 0.6) is 5.75 Å². The van der Waals surface area contributed by atoms with E-state index in [1.54, 1.807) is 25.1 Å². The van der Waals surface area contributed by atoms with Crippen LogP contribution in [0.4, 0.5) is 5.69 Å². The van der Waals surface area contributed by atoms with Crippen LogP contribution < -0.4 is 10.5 Å². The van der Waals surface area contributed by atoms with Crippen LogP contribution in [0.25, 0.3) is 10.9 Å². The normalized spacial score (nSPS) is 10.7. The summed E-state index contributed by atoms with van der Waals surface area (Å²) in [4.78, 5) is 6.65. The van der Waals surface area contributed by atoms with Crippen molar-refractivity contribution in [1.29, 1.82) is 0 Å².